The molecule has 0 amide bonds. The molecule has 1 aromatic carbocycles. The number of rotatable bonds is 3. The summed E-state index contributed by atoms with van der Waals surface area (Å²) in [6.07, 6.45) is 7.38. The Balaban J connectivity index is 1.55. The first-order valence-electron chi connectivity index (χ1n) is 10.6. The molecule has 2 atom stereocenters. The van der Waals surface area contributed by atoms with Crippen molar-refractivity contribution < 1.29 is 4.39 Å². The predicted molar refractivity (Wildman–Crippen MR) is 107 cm³/mol. The van der Waals surface area contributed by atoms with Crippen molar-refractivity contribution >= 4 is 11.4 Å². The molecule has 2 aliphatic heterocycles. The van der Waals surface area contributed by atoms with E-state index in [2.05, 4.69) is 16.7 Å². The maximum Gasteiger partial charge on any atom is 0.147 e. The molecule has 1 saturated heterocycles. The fourth-order valence-corrected chi connectivity index (χ4v) is 6.04. The van der Waals surface area contributed by atoms with E-state index in [9.17, 15) is 0 Å². The third-order valence-corrected chi connectivity index (χ3v) is 7.54. The van der Waals surface area contributed by atoms with Crippen LogP contribution in [0.15, 0.2) is 6.07 Å². The van der Waals surface area contributed by atoms with Crippen LogP contribution in [0.2, 0.25) is 0 Å². The molecule has 5 rings (SSSR count). The summed E-state index contributed by atoms with van der Waals surface area (Å²) in [7, 11) is 0. The third kappa shape index (κ3) is 2.76. The molecule has 2 aliphatic carbocycles. The second kappa shape index (κ2) is 6.33. The number of hydrogen-bond acceptors (Lipinski definition) is 5. The standard InChI is InChI=1S/C21H32FN5/c1-14-19-15(9-26(24)13-27(19)17-5-6-17)8-18(22)20(14)25-10-16-4-2-3-7-21(16,11-23)12-25/h8,16-17H,2-7,9-13,23-24H2,1H3. The molecule has 0 aromatic heterocycles. The van der Waals surface area contributed by atoms with Crippen LogP contribution < -0.4 is 21.4 Å². The number of fused-ring (bicyclic) bond motifs is 2. The van der Waals surface area contributed by atoms with E-state index in [0.717, 1.165) is 43.1 Å². The van der Waals surface area contributed by atoms with Crippen molar-refractivity contribution in [3.05, 3.63) is 23.0 Å². The normalized spacial score (nSPS) is 31.2. The van der Waals surface area contributed by atoms with Crippen LogP contribution in [0.1, 0.15) is 49.7 Å². The molecule has 6 heteroatoms. The highest BCUT2D eigenvalue weighted by Gasteiger charge is 2.48. The van der Waals surface area contributed by atoms with Gasteiger partial charge in [0.2, 0.25) is 0 Å². The van der Waals surface area contributed by atoms with Crippen LogP contribution >= 0.6 is 0 Å². The maximum absolute atomic E-state index is 15.3. The van der Waals surface area contributed by atoms with Gasteiger partial charge in [-0.15, -0.1) is 0 Å². The largest absolute Gasteiger partial charge is 0.368 e. The number of hydrogen-bond donors (Lipinski definition) is 2. The van der Waals surface area contributed by atoms with E-state index >= 15 is 4.39 Å². The quantitative estimate of drug-likeness (QED) is 0.798. The van der Waals surface area contributed by atoms with Crippen LogP contribution in [0.4, 0.5) is 15.8 Å². The van der Waals surface area contributed by atoms with E-state index in [4.69, 9.17) is 11.6 Å². The first-order chi connectivity index (χ1) is 13.0. The minimum atomic E-state index is -0.0943. The molecule has 3 fully saturated rings. The Morgan fingerprint density at radius 1 is 1.22 bits per heavy atom. The molecule has 148 valence electrons. The van der Waals surface area contributed by atoms with Gasteiger partial charge in [0.1, 0.15) is 5.82 Å². The van der Waals surface area contributed by atoms with Crippen LogP contribution in [0.3, 0.4) is 0 Å². The first-order valence-corrected chi connectivity index (χ1v) is 10.6. The second-order valence-corrected chi connectivity index (χ2v) is 9.32. The fourth-order valence-electron chi connectivity index (χ4n) is 6.04. The highest BCUT2D eigenvalue weighted by molar-refractivity contribution is 5.73. The van der Waals surface area contributed by atoms with Gasteiger partial charge < -0.3 is 15.5 Å². The number of benzene rings is 1. The van der Waals surface area contributed by atoms with Crippen molar-refractivity contribution in [3.63, 3.8) is 0 Å². The molecule has 5 nitrogen and oxygen atoms in total. The number of anilines is 2. The second-order valence-electron chi connectivity index (χ2n) is 9.32. The molecular formula is C21H32FN5. The highest BCUT2D eigenvalue weighted by atomic mass is 19.1. The molecule has 4 N–H and O–H groups in total. The summed E-state index contributed by atoms with van der Waals surface area (Å²) >= 11 is 0. The Hall–Kier alpha value is -1.37. The van der Waals surface area contributed by atoms with Gasteiger partial charge in [0.05, 0.1) is 12.4 Å². The van der Waals surface area contributed by atoms with Crippen LogP contribution in [0.5, 0.6) is 0 Å². The van der Waals surface area contributed by atoms with Crippen molar-refractivity contribution in [2.45, 2.75) is 58.0 Å². The van der Waals surface area contributed by atoms with Crippen molar-refractivity contribution in [2.24, 2.45) is 22.9 Å². The molecule has 2 unspecified atom stereocenters. The van der Waals surface area contributed by atoms with Crippen LogP contribution in [0, 0.1) is 24.1 Å². The summed E-state index contributed by atoms with van der Waals surface area (Å²) in [4.78, 5) is 4.71. The van der Waals surface area contributed by atoms with Crippen LogP contribution in [-0.2, 0) is 6.54 Å². The van der Waals surface area contributed by atoms with Crippen molar-refractivity contribution in [1.29, 1.82) is 0 Å². The van der Waals surface area contributed by atoms with E-state index in [1.54, 1.807) is 11.1 Å². The van der Waals surface area contributed by atoms with E-state index in [-0.39, 0.29) is 11.2 Å². The topological polar surface area (TPSA) is 61.8 Å². The summed E-state index contributed by atoms with van der Waals surface area (Å²) in [5, 5.41) is 1.80. The third-order valence-electron chi connectivity index (χ3n) is 7.54. The lowest BCUT2D eigenvalue weighted by Crippen LogP contribution is -2.47. The lowest BCUT2D eigenvalue weighted by molar-refractivity contribution is 0.160. The minimum Gasteiger partial charge on any atom is -0.368 e. The molecule has 27 heavy (non-hydrogen) atoms. The van der Waals surface area contributed by atoms with Gasteiger partial charge in [-0.3, -0.25) is 5.84 Å². The summed E-state index contributed by atoms with van der Waals surface area (Å²) in [6, 6.07) is 2.30. The Morgan fingerprint density at radius 2 is 2.04 bits per heavy atom. The molecule has 1 aromatic rings. The van der Waals surface area contributed by atoms with Crippen molar-refractivity contribution in [1.82, 2.24) is 5.01 Å². The minimum absolute atomic E-state index is 0.0943. The Morgan fingerprint density at radius 3 is 2.74 bits per heavy atom. The van der Waals surface area contributed by atoms with Gasteiger partial charge in [-0.1, -0.05) is 12.8 Å². The molecular weight excluding hydrogens is 341 g/mol. The van der Waals surface area contributed by atoms with E-state index in [1.807, 2.05) is 0 Å². The summed E-state index contributed by atoms with van der Waals surface area (Å²) in [6.45, 7) is 6.02. The number of nitrogens with zero attached hydrogens (tertiary/aromatic N) is 3. The molecule has 2 heterocycles. The molecule has 0 bridgehead atoms. The van der Waals surface area contributed by atoms with Gasteiger partial charge in [-0.25, -0.2) is 9.40 Å². The van der Waals surface area contributed by atoms with E-state index < -0.39 is 0 Å². The first kappa shape index (κ1) is 17.7. The molecule has 4 aliphatic rings. The predicted octanol–water partition coefficient (Wildman–Crippen LogP) is 2.71. The molecule has 0 radical (unpaired) electrons. The summed E-state index contributed by atoms with van der Waals surface area (Å²) < 4.78 is 15.3. The lowest BCUT2D eigenvalue weighted by atomic mass is 9.68. The SMILES string of the molecule is Cc1c(N2CC3CCCCC3(CN)C2)c(F)cc2c1N(C1CC1)CN(N)C2. The smallest absolute Gasteiger partial charge is 0.147 e. The fraction of sp³-hybridized carbons (Fsp3) is 0.714. The zero-order valence-electron chi connectivity index (χ0n) is 16.4. The van der Waals surface area contributed by atoms with E-state index in [0.29, 0.717) is 18.5 Å². The van der Waals surface area contributed by atoms with Gasteiger partial charge in [0.15, 0.2) is 0 Å². The van der Waals surface area contributed by atoms with Crippen molar-refractivity contribution in [2.75, 3.05) is 36.1 Å². The van der Waals surface area contributed by atoms with Gasteiger partial charge in [-0.2, -0.15) is 0 Å². The van der Waals surface area contributed by atoms with Gasteiger partial charge in [0, 0.05) is 36.8 Å². The number of nitrogens with two attached hydrogens (primary N) is 2. The summed E-state index contributed by atoms with van der Waals surface area (Å²) in [5.41, 5.74) is 10.6. The van der Waals surface area contributed by atoms with Gasteiger partial charge in [-0.05, 0) is 62.3 Å². The van der Waals surface area contributed by atoms with Crippen LogP contribution in [-0.4, -0.2) is 37.4 Å². The van der Waals surface area contributed by atoms with Crippen LogP contribution in [0.25, 0.3) is 0 Å². The zero-order chi connectivity index (χ0) is 18.8. The molecule has 0 spiro atoms. The van der Waals surface area contributed by atoms with Gasteiger partial charge >= 0.3 is 0 Å². The average molecular weight is 374 g/mol. The molecule has 2 saturated carbocycles. The zero-order valence-corrected chi connectivity index (χ0v) is 16.4. The lowest BCUT2D eigenvalue weighted by Gasteiger charge is -2.39. The Kier molecular flexibility index (Phi) is 4.15. The van der Waals surface area contributed by atoms with Crippen molar-refractivity contribution in [3.8, 4) is 0 Å². The number of halogens is 1. The highest BCUT2D eigenvalue weighted by Crippen LogP contribution is 2.50. The monoisotopic (exact) mass is 373 g/mol. The maximum atomic E-state index is 15.3. The van der Waals surface area contributed by atoms with E-state index in [1.165, 1.54) is 44.2 Å². The Bertz CT molecular complexity index is 749. The number of hydrazine groups is 1. The average Bonchev–Trinajstić information content (AvgIpc) is 3.41. The Labute approximate surface area is 161 Å². The summed E-state index contributed by atoms with van der Waals surface area (Å²) in [5.74, 6) is 6.63. The van der Waals surface area contributed by atoms with Gasteiger partial charge in [0.25, 0.3) is 0 Å².